The second-order valence-electron chi connectivity index (χ2n) is 23.6. The van der Waals surface area contributed by atoms with Crippen molar-refractivity contribution in [2.75, 3.05) is 63.2 Å². The van der Waals surface area contributed by atoms with Gasteiger partial charge < -0.3 is 34.5 Å². The number of benzene rings is 4. The Morgan fingerprint density at radius 3 is 2.52 bits per heavy atom. The van der Waals surface area contributed by atoms with E-state index in [2.05, 4.69) is 98.8 Å². The van der Waals surface area contributed by atoms with Crippen molar-refractivity contribution >= 4 is 44.0 Å². The molecule has 77 heavy (non-hydrogen) atoms. The third-order valence-electron chi connectivity index (χ3n) is 17.0. The first-order valence-electron chi connectivity index (χ1n) is 27.0. The van der Waals surface area contributed by atoms with Crippen molar-refractivity contribution in [2.45, 2.75) is 114 Å². The van der Waals surface area contributed by atoms with Crippen LogP contribution in [0, 0.1) is 21.4 Å². The summed E-state index contributed by atoms with van der Waals surface area (Å²) >= 11 is 0. The number of carbonyl (C=O) groups excluding carboxylic acids is 1. The summed E-state index contributed by atoms with van der Waals surface area (Å²) in [7, 11) is -2.88. The van der Waals surface area contributed by atoms with E-state index in [1.165, 1.54) is 40.6 Å². The molecule has 4 N–H and O–H groups in total. The first-order chi connectivity index (χ1) is 36.8. The van der Waals surface area contributed by atoms with E-state index in [-0.39, 0.29) is 39.8 Å². The quantitative estimate of drug-likeness (QED) is 0.0526. The number of anilines is 2. The summed E-state index contributed by atoms with van der Waals surface area (Å²) in [6.45, 7) is 17.2. The average Bonchev–Trinajstić information content (AvgIpc) is 4.06. The molecule has 4 fully saturated rings. The number of ether oxygens (including phenoxy) is 3. The Morgan fingerprint density at radius 1 is 0.987 bits per heavy atom. The Morgan fingerprint density at radius 2 is 1.77 bits per heavy atom. The van der Waals surface area contributed by atoms with Crippen LogP contribution in [0.2, 0.25) is 0 Å². The molecule has 0 bridgehead atoms. The molecule has 2 saturated heterocycles. The third-order valence-corrected chi connectivity index (χ3v) is 18.4. The number of sulfonamides is 1. The second kappa shape index (κ2) is 20.2. The van der Waals surface area contributed by atoms with E-state index in [1.807, 2.05) is 19.1 Å². The van der Waals surface area contributed by atoms with Crippen molar-refractivity contribution < 1.29 is 37.5 Å². The molecule has 2 aromatic heterocycles. The van der Waals surface area contributed by atoms with Gasteiger partial charge in [-0.2, -0.15) is 0 Å². The lowest BCUT2D eigenvalue weighted by atomic mass is 9.59. The smallest absolute Gasteiger partial charge is 0.293 e. The molecule has 406 valence electrons. The van der Waals surface area contributed by atoms with Crippen LogP contribution >= 0.6 is 0 Å². The van der Waals surface area contributed by atoms with E-state index in [0.717, 1.165) is 93.6 Å². The standard InChI is InChI=1S/C59H70N8O9S/c1-37(2)45-9-7-8-10-46(45)51-33-64(32-39-23-48-54(53(24-39)74-6)75-36-57(48,3)4)21-22-66(51)42-28-59(29-42)34-65(35-59)41-11-13-47(52(26-41)76-43-25-40-17-20-60-55(40)62-31-43)56(68)63-77(72,73)44-12-14-49(50(27-44)67(70)71)61-30-38-15-18-58(5,69)19-16-38/h7-14,17,20,23-27,31,37-38,42,51,61,69H,15-16,18-19,21-22,28-30,32-36H2,1-6H3,(H,60,62)(H,63,68)/t38-,51-,58-/m0/s1. The number of nitrogens with one attached hydrogen (secondary N) is 3. The van der Waals surface area contributed by atoms with Crippen LogP contribution in [0.1, 0.15) is 118 Å². The van der Waals surface area contributed by atoms with Gasteiger partial charge in [-0.3, -0.25) is 24.7 Å². The molecule has 6 aromatic rings. The van der Waals surface area contributed by atoms with E-state index < -0.39 is 37.0 Å². The van der Waals surface area contributed by atoms with Crippen molar-refractivity contribution in [3.05, 3.63) is 135 Å². The number of rotatable bonds is 16. The number of nitro benzene ring substituents is 1. The number of nitro groups is 1. The maximum Gasteiger partial charge on any atom is 0.293 e. The molecule has 18 heteroatoms. The summed E-state index contributed by atoms with van der Waals surface area (Å²) in [6, 6.07) is 26.4. The van der Waals surface area contributed by atoms with Gasteiger partial charge in [0.2, 0.25) is 0 Å². The number of methoxy groups -OCH3 is 1. The summed E-state index contributed by atoms with van der Waals surface area (Å²) in [5.74, 6) is 1.76. The lowest BCUT2D eigenvalue weighted by Crippen LogP contribution is -2.68. The Labute approximate surface area is 450 Å². The average molecular weight is 1070 g/mol. The largest absolute Gasteiger partial charge is 0.493 e. The number of hydrogen-bond acceptors (Lipinski definition) is 14. The number of carbonyl (C=O) groups is 1. The van der Waals surface area contributed by atoms with Crippen molar-refractivity contribution in [3.8, 4) is 23.0 Å². The van der Waals surface area contributed by atoms with Crippen molar-refractivity contribution in [3.63, 3.8) is 0 Å². The first-order valence-corrected chi connectivity index (χ1v) is 28.5. The molecule has 3 aliphatic heterocycles. The van der Waals surface area contributed by atoms with Crippen LogP contribution in [0.15, 0.2) is 102 Å². The van der Waals surface area contributed by atoms with Crippen LogP contribution in [0.25, 0.3) is 11.0 Å². The molecular weight excluding hydrogens is 997 g/mol. The van der Waals surface area contributed by atoms with Gasteiger partial charge in [0, 0.05) is 104 Å². The Hall–Kier alpha value is -6.73. The van der Waals surface area contributed by atoms with Crippen molar-refractivity contribution in [1.82, 2.24) is 24.5 Å². The van der Waals surface area contributed by atoms with Gasteiger partial charge in [0.15, 0.2) is 11.5 Å². The normalized spacial score (nSPS) is 22.3. The highest BCUT2D eigenvalue weighted by Crippen LogP contribution is 2.54. The molecule has 2 saturated carbocycles. The maximum atomic E-state index is 14.1. The molecular formula is C59H70N8O9S. The SMILES string of the molecule is COc1cc(CN2CCN(C3CC4(C3)CN(c3ccc(C(=O)NS(=O)(=O)c5ccc(NC[C@H]6CC[C@](C)(O)CC6)c([N+](=O)[O-])c5)c(Oc5cnc6[nH]ccc6c5)c3)C4)[C@H](c3ccccc3C(C)C)C2)cc2c1OCC2(C)C. The molecule has 1 atom stereocenters. The summed E-state index contributed by atoms with van der Waals surface area (Å²) in [5.41, 5.74) is 5.73. The molecule has 1 amide bonds. The van der Waals surface area contributed by atoms with Crippen LogP contribution in [-0.2, 0) is 22.0 Å². The lowest BCUT2D eigenvalue weighted by molar-refractivity contribution is -0.384. The molecule has 1 spiro atoms. The van der Waals surface area contributed by atoms with Gasteiger partial charge in [-0.1, -0.05) is 52.0 Å². The number of aromatic amines is 1. The molecule has 0 unspecified atom stereocenters. The zero-order chi connectivity index (χ0) is 54.0. The topological polar surface area (TPSA) is 205 Å². The first kappa shape index (κ1) is 52.3. The van der Waals surface area contributed by atoms with Gasteiger partial charge in [0.25, 0.3) is 21.6 Å². The molecule has 0 radical (unpaired) electrons. The number of piperazine rings is 1. The summed E-state index contributed by atoms with van der Waals surface area (Å²) in [4.78, 5) is 40.5. The minimum absolute atomic E-state index is 0.0373. The molecule has 5 heterocycles. The molecule has 5 aliphatic rings. The number of aromatic nitrogens is 2. The minimum Gasteiger partial charge on any atom is -0.493 e. The van der Waals surface area contributed by atoms with Crippen LogP contribution in [0.3, 0.4) is 0 Å². The van der Waals surface area contributed by atoms with Crippen molar-refractivity contribution in [2.24, 2.45) is 11.3 Å². The summed E-state index contributed by atoms with van der Waals surface area (Å²) < 4.78 is 48.3. The van der Waals surface area contributed by atoms with E-state index in [0.29, 0.717) is 49.3 Å². The number of fused-ring (bicyclic) bond motifs is 2. The van der Waals surface area contributed by atoms with Crippen LogP contribution in [-0.4, -0.2) is 109 Å². The minimum atomic E-state index is -4.60. The highest BCUT2D eigenvalue weighted by atomic mass is 32.2. The number of pyridine rings is 1. The van der Waals surface area contributed by atoms with Crippen LogP contribution in [0.5, 0.6) is 23.0 Å². The predicted molar refractivity (Wildman–Crippen MR) is 296 cm³/mol. The number of H-pyrrole nitrogens is 1. The van der Waals surface area contributed by atoms with Crippen LogP contribution < -0.4 is 29.1 Å². The predicted octanol–water partition coefficient (Wildman–Crippen LogP) is 10.1. The lowest BCUT2D eigenvalue weighted by Gasteiger charge is -2.63. The van der Waals surface area contributed by atoms with Gasteiger partial charge in [0.05, 0.1) is 40.9 Å². The Kier molecular flexibility index (Phi) is 13.8. The third kappa shape index (κ3) is 10.6. The van der Waals surface area contributed by atoms with Crippen molar-refractivity contribution in [1.29, 1.82) is 0 Å². The summed E-state index contributed by atoms with van der Waals surface area (Å²) in [6.07, 6.45) is 8.20. The van der Waals surface area contributed by atoms with Crippen LogP contribution in [0.4, 0.5) is 17.1 Å². The fourth-order valence-corrected chi connectivity index (χ4v) is 13.6. The number of hydrogen-bond donors (Lipinski definition) is 4. The number of aliphatic hydroxyl groups is 1. The van der Waals surface area contributed by atoms with Gasteiger partial charge in [-0.25, -0.2) is 18.1 Å². The highest BCUT2D eigenvalue weighted by molar-refractivity contribution is 7.90. The fourth-order valence-electron chi connectivity index (χ4n) is 12.6. The number of nitrogens with zero attached hydrogens (tertiary/aromatic N) is 5. The van der Waals surface area contributed by atoms with Gasteiger partial charge in [-0.15, -0.1) is 0 Å². The zero-order valence-corrected chi connectivity index (χ0v) is 45.6. The molecule has 4 aromatic carbocycles. The molecule has 2 aliphatic carbocycles. The second-order valence-corrected chi connectivity index (χ2v) is 25.3. The molecule has 17 nitrogen and oxygen atoms in total. The Balaban J connectivity index is 0.791. The molecule has 11 rings (SSSR count). The highest BCUT2D eigenvalue weighted by Gasteiger charge is 2.55. The van der Waals surface area contributed by atoms with Gasteiger partial charge in [-0.05, 0) is 123 Å². The summed E-state index contributed by atoms with van der Waals surface area (Å²) in [5, 5.41) is 26.5. The Bertz CT molecular complexity index is 3330. The van der Waals surface area contributed by atoms with E-state index in [1.54, 1.807) is 31.5 Å². The van der Waals surface area contributed by atoms with E-state index in [4.69, 9.17) is 14.2 Å². The van der Waals surface area contributed by atoms with Gasteiger partial charge in [0.1, 0.15) is 22.8 Å². The van der Waals surface area contributed by atoms with E-state index >= 15 is 0 Å². The monoisotopic (exact) mass is 1070 g/mol. The maximum absolute atomic E-state index is 14.1. The number of amides is 1. The fraction of sp³-hybridized carbons (Fsp3) is 0.458. The zero-order valence-electron chi connectivity index (χ0n) is 44.8. The van der Waals surface area contributed by atoms with Gasteiger partial charge >= 0.3 is 0 Å². The van der Waals surface area contributed by atoms with E-state index in [9.17, 15) is 28.4 Å².